The smallest absolute Gasteiger partial charge is 0.269 e. The normalized spacial score (nSPS) is 11.0. The molecule has 0 unspecified atom stereocenters. The maximum atomic E-state index is 12.2. The van der Waals surface area contributed by atoms with Crippen LogP contribution in [0.5, 0.6) is 0 Å². The second-order valence-corrected chi connectivity index (χ2v) is 6.21. The quantitative estimate of drug-likeness (QED) is 0.649. The predicted molar refractivity (Wildman–Crippen MR) is 80.3 cm³/mol. The van der Waals surface area contributed by atoms with Crippen molar-refractivity contribution in [3.05, 3.63) is 46.8 Å². The standard InChI is InChI=1S/C12H13N5O4S/c1-16(2)12-13-7-9(8-14-12)15-22(20,21)11-5-3-10(4-6-11)17(18)19/h3-8,15H,1-2H3. The Bertz CT molecular complexity index is 772. The van der Waals surface area contributed by atoms with Gasteiger partial charge in [-0.05, 0) is 12.1 Å². The molecule has 0 aliphatic carbocycles. The highest BCUT2D eigenvalue weighted by Crippen LogP contribution is 2.19. The third kappa shape index (κ3) is 3.47. The number of nitro groups is 1. The zero-order valence-electron chi connectivity index (χ0n) is 11.8. The molecule has 10 heteroatoms. The summed E-state index contributed by atoms with van der Waals surface area (Å²) in [6.07, 6.45) is 2.68. The minimum Gasteiger partial charge on any atom is -0.347 e. The lowest BCUT2D eigenvalue weighted by atomic mass is 10.3. The fraction of sp³-hybridized carbons (Fsp3) is 0.167. The van der Waals surface area contributed by atoms with Gasteiger partial charge in [-0.25, -0.2) is 18.4 Å². The molecule has 0 radical (unpaired) electrons. The van der Waals surface area contributed by atoms with E-state index in [1.54, 1.807) is 19.0 Å². The second kappa shape index (κ2) is 5.93. The monoisotopic (exact) mass is 323 g/mol. The first-order valence-electron chi connectivity index (χ1n) is 6.06. The number of anilines is 2. The summed E-state index contributed by atoms with van der Waals surface area (Å²) in [4.78, 5) is 19.5. The molecule has 2 rings (SSSR count). The number of benzene rings is 1. The van der Waals surface area contributed by atoms with Gasteiger partial charge in [-0.15, -0.1) is 0 Å². The van der Waals surface area contributed by atoms with E-state index in [9.17, 15) is 18.5 Å². The van der Waals surface area contributed by atoms with Gasteiger partial charge in [-0.3, -0.25) is 14.8 Å². The first-order valence-corrected chi connectivity index (χ1v) is 7.54. The molecule has 22 heavy (non-hydrogen) atoms. The van der Waals surface area contributed by atoms with Crippen molar-refractivity contribution in [3.8, 4) is 0 Å². The Morgan fingerprint density at radius 3 is 2.14 bits per heavy atom. The van der Waals surface area contributed by atoms with Crippen LogP contribution in [0, 0.1) is 10.1 Å². The van der Waals surface area contributed by atoms with Crippen molar-refractivity contribution in [1.29, 1.82) is 0 Å². The number of nitrogens with zero attached hydrogens (tertiary/aromatic N) is 4. The minimum absolute atomic E-state index is 0.0882. The van der Waals surface area contributed by atoms with E-state index in [1.165, 1.54) is 12.4 Å². The van der Waals surface area contributed by atoms with Gasteiger partial charge in [0.25, 0.3) is 15.7 Å². The Morgan fingerprint density at radius 2 is 1.68 bits per heavy atom. The molecule has 0 atom stereocenters. The van der Waals surface area contributed by atoms with Gasteiger partial charge < -0.3 is 4.90 Å². The fourth-order valence-electron chi connectivity index (χ4n) is 1.57. The number of sulfonamides is 1. The van der Waals surface area contributed by atoms with Gasteiger partial charge in [0.2, 0.25) is 5.95 Å². The van der Waals surface area contributed by atoms with E-state index in [0.29, 0.717) is 5.95 Å². The van der Waals surface area contributed by atoms with E-state index in [2.05, 4.69) is 14.7 Å². The molecule has 1 N–H and O–H groups in total. The van der Waals surface area contributed by atoms with Crippen LogP contribution in [0.15, 0.2) is 41.6 Å². The van der Waals surface area contributed by atoms with Gasteiger partial charge in [-0.2, -0.15) is 0 Å². The summed E-state index contributed by atoms with van der Waals surface area (Å²) in [5.74, 6) is 0.443. The predicted octanol–water partition coefficient (Wildman–Crippen LogP) is 1.25. The summed E-state index contributed by atoms with van der Waals surface area (Å²) in [6, 6.07) is 4.57. The van der Waals surface area contributed by atoms with E-state index < -0.39 is 14.9 Å². The van der Waals surface area contributed by atoms with E-state index in [0.717, 1.165) is 24.3 Å². The van der Waals surface area contributed by atoms with Gasteiger partial charge in [0.15, 0.2) is 0 Å². The Kier molecular flexibility index (Phi) is 4.22. The van der Waals surface area contributed by atoms with Crippen LogP contribution in [0.1, 0.15) is 0 Å². The van der Waals surface area contributed by atoms with Crippen LogP contribution >= 0.6 is 0 Å². The van der Waals surface area contributed by atoms with Crippen molar-refractivity contribution in [1.82, 2.24) is 9.97 Å². The molecular weight excluding hydrogens is 310 g/mol. The minimum atomic E-state index is -3.86. The summed E-state index contributed by atoms with van der Waals surface area (Å²) < 4.78 is 26.6. The average Bonchev–Trinajstić information content (AvgIpc) is 2.47. The van der Waals surface area contributed by atoms with Crippen molar-refractivity contribution in [2.24, 2.45) is 0 Å². The second-order valence-electron chi connectivity index (χ2n) is 4.52. The van der Waals surface area contributed by atoms with E-state index in [-0.39, 0.29) is 16.3 Å². The highest BCUT2D eigenvalue weighted by atomic mass is 32.2. The molecule has 1 heterocycles. The number of nitro benzene ring substituents is 1. The van der Waals surface area contributed by atoms with Crippen LogP contribution in [-0.4, -0.2) is 37.4 Å². The van der Waals surface area contributed by atoms with Gasteiger partial charge >= 0.3 is 0 Å². The van der Waals surface area contributed by atoms with Crippen molar-refractivity contribution in [3.63, 3.8) is 0 Å². The zero-order valence-corrected chi connectivity index (χ0v) is 12.6. The molecule has 0 bridgehead atoms. The fourth-order valence-corrected chi connectivity index (χ4v) is 2.59. The summed E-state index contributed by atoms with van der Waals surface area (Å²) in [7, 11) is -0.335. The third-order valence-electron chi connectivity index (χ3n) is 2.65. The molecule has 9 nitrogen and oxygen atoms in total. The number of aromatic nitrogens is 2. The van der Waals surface area contributed by atoms with E-state index in [4.69, 9.17) is 0 Å². The Hall–Kier alpha value is -2.75. The number of rotatable bonds is 5. The van der Waals surface area contributed by atoms with Crippen LogP contribution in [-0.2, 0) is 10.0 Å². The Morgan fingerprint density at radius 1 is 1.14 bits per heavy atom. The number of hydrogen-bond acceptors (Lipinski definition) is 7. The molecule has 1 aromatic heterocycles. The average molecular weight is 323 g/mol. The molecule has 0 spiro atoms. The topological polar surface area (TPSA) is 118 Å². The first-order chi connectivity index (χ1) is 10.3. The molecule has 2 aromatic rings. The Labute approximate surface area is 126 Å². The molecule has 0 saturated carbocycles. The maximum absolute atomic E-state index is 12.2. The summed E-state index contributed by atoms with van der Waals surface area (Å²) in [5.41, 5.74) is 0.0153. The maximum Gasteiger partial charge on any atom is 0.269 e. The number of non-ortho nitro benzene ring substituents is 1. The van der Waals surface area contributed by atoms with Crippen LogP contribution < -0.4 is 9.62 Å². The third-order valence-corrected chi connectivity index (χ3v) is 4.05. The molecular formula is C12H13N5O4S. The van der Waals surface area contributed by atoms with Gasteiger partial charge in [-0.1, -0.05) is 0 Å². The van der Waals surface area contributed by atoms with Crippen LogP contribution in [0.4, 0.5) is 17.3 Å². The molecule has 116 valence electrons. The lowest BCUT2D eigenvalue weighted by Gasteiger charge is -2.11. The Balaban J connectivity index is 2.21. The zero-order chi connectivity index (χ0) is 16.3. The number of nitrogens with one attached hydrogen (secondary N) is 1. The van der Waals surface area contributed by atoms with Crippen molar-refractivity contribution in [2.45, 2.75) is 4.90 Å². The lowest BCUT2D eigenvalue weighted by Crippen LogP contribution is -2.15. The molecule has 0 amide bonds. The van der Waals surface area contributed by atoms with Crippen molar-refractivity contribution in [2.75, 3.05) is 23.7 Å². The summed E-state index contributed by atoms with van der Waals surface area (Å²) in [5, 5.41) is 10.6. The SMILES string of the molecule is CN(C)c1ncc(NS(=O)(=O)c2ccc([N+](=O)[O-])cc2)cn1. The van der Waals surface area contributed by atoms with Gasteiger partial charge in [0.05, 0.1) is 27.9 Å². The van der Waals surface area contributed by atoms with Crippen molar-refractivity contribution < 1.29 is 13.3 Å². The van der Waals surface area contributed by atoms with Crippen LogP contribution in [0.2, 0.25) is 0 Å². The van der Waals surface area contributed by atoms with Gasteiger partial charge in [0, 0.05) is 26.2 Å². The highest BCUT2D eigenvalue weighted by molar-refractivity contribution is 7.92. The molecule has 0 fully saturated rings. The first kappa shape index (κ1) is 15.6. The summed E-state index contributed by atoms with van der Waals surface area (Å²) in [6.45, 7) is 0. The summed E-state index contributed by atoms with van der Waals surface area (Å²) >= 11 is 0. The van der Waals surface area contributed by atoms with Crippen molar-refractivity contribution >= 4 is 27.3 Å². The van der Waals surface area contributed by atoms with Gasteiger partial charge in [0.1, 0.15) is 0 Å². The van der Waals surface area contributed by atoms with Crippen LogP contribution in [0.3, 0.4) is 0 Å². The molecule has 0 aliphatic heterocycles. The largest absolute Gasteiger partial charge is 0.347 e. The van der Waals surface area contributed by atoms with E-state index >= 15 is 0 Å². The lowest BCUT2D eigenvalue weighted by molar-refractivity contribution is -0.384. The highest BCUT2D eigenvalue weighted by Gasteiger charge is 2.16. The molecule has 1 aromatic carbocycles. The molecule has 0 saturated heterocycles. The number of hydrogen-bond donors (Lipinski definition) is 1. The van der Waals surface area contributed by atoms with E-state index in [1.807, 2.05) is 0 Å². The van der Waals surface area contributed by atoms with Crippen LogP contribution in [0.25, 0.3) is 0 Å². The molecule has 0 aliphatic rings.